The first-order chi connectivity index (χ1) is 15.4. The van der Waals surface area contributed by atoms with E-state index in [1.165, 1.54) is 54.8 Å². The molecule has 33 heavy (non-hydrogen) atoms. The summed E-state index contributed by atoms with van der Waals surface area (Å²) in [6.07, 6.45) is 0. The topological polar surface area (TPSA) is 141 Å². The molecular weight excluding hydrogens is 468 g/mol. The number of nitro groups is 1. The lowest BCUT2D eigenvalue weighted by Gasteiger charge is -2.14. The van der Waals surface area contributed by atoms with E-state index < -0.39 is 20.9 Å². The minimum Gasteiger partial charge on any atom is -0.495 e. The number of benzene rings is 2. The van der Waals surface area contributed by atoms with Crippen molar-refractivity contribution >= 4 is 43.8 Å². The normalized spacial score (nSPS) is 11.6. The van der Waals surface area contributed by atoms with Crippen LogP contribution in [0.15, 0.2) is 52.7 Å². The van der Waals surface area contributed by atoms with Crippen molar-refractivity contribution < 1.29 is 22.9 Å². The maximum absolute atomic E-state index is 12.8. The summed E-state index contributed by atoms with van der Waals surface area (Å²) < 4.78 is 32.9. The van der Waals surface area contributed by atoms with E-state index in [0.29, 0.717) is 5.13 Å². The fourth-order valence-electron chi connectivity index (χ4n) is 2.72. The SMILES string of the molecule is COc1ccc([N+](=O)[O-])cc1NS(=O)(=O)c1ccc(C(=O)Nc2nc(C(C)(C)C)cs2)cc1. The van der Waals surface area contributed by atoms with Crippen LogP contribution in [0.2, 0.25) is 0 Å². The number of methoxy groups -OCH3 is 1. The third-order valence-corrected chi connectivity index (χ3v) is 6.70. The van der Waals surface area contributed by atoms with Gasteiger partial charge < -0.3 is 4.74 Å². The number of anilines is 2. The molecule has 0 fully saturated rings. The highest BCUT2D eigenvalue weighted by molar-refractivity contribution is 7.92. The molecule has 0 bridgehead atoms. The summed E-state index contributed by atoms with van der Waals surface area (Å²) in [4.78, 5) is 27.2. The molecule has 0 saturated carbocycles. The molecule has 1 heterocycles. The molecule has 12 heteroatoms. The maximum atomic E-state index is 12.8. The zero-order chi connectivity index (χ0) is 24.4. The second-order valence-corrected chi connectivity index (χ2v) is 10.6. The predicted octanol–water partition coefficient (Wildman–Crippen LogP) is 4.41. The van der Waals surface area contributed by atoms with E-state index in [9.17, 15) is 23.3 Å². The van der Waals surface area contributed by atoms with Crippen LogP contribution < -0.4 is 14.8 Å². The third-order valence-electron chi connectivity index (χ3n) is 4.56. The number of thiazole rings is 1. The number of ether oxygens (including phenoxy) is 1. The summed E-state index contributed by atoms with van der Waals surface area (Å²) in [5.74, 6) is -0.305. The van der Waals surface area contributed by atoms with Gasteiger partial charge in [-0.05, 0) is 30.3 Å². The van der Waals surface area contributed by atoms with E-state index >= 15 is 0 Å². The van der Waals surface area contributed by atoms with E-state index in [-0.39, 0.29) is 33.0 Å². The Labute approximate surface area is 194 Å². The van der Waals surface area contributed by atoms with Crippen LogP contribution in [-0.2, 0) is 15.4 Å². The minimum absolute atomic E-state index is 0.0769. The second kappa shape index (κ2) is 9.16. The summed E-state index contributed by atoms with van der Waals surface area (Å²) in [5.41, 5.74) is 0.579. The van der Waals surface area contributed by atoms with Crippen LogP contribution in [0, 0.1) is 10.1 Å². The molecule has 2 aromatic carbocycles. The maximum Gasteiger partial charge on any atom is 0.271 e. The van der Waals surface area contributed by atoms with Crippen LogP contribution in [-0.4, -0.2) is 31.3 Å². The van der Waals surface area contributed by atoms with Crippen molar-refractivity contribution in [2.24, 2.45) is 0 Å². The number of nitrogens with one attached hydrogen (secondary N) is 2. The van der Waals surface area contributed by atoms with Crippen molar-refractivity contribution in [3.63, 3.8) is 0 Å². The molecule has 3 aromatic rings. The number of nitro benzene ring substituents is 1. The molecule has 2 N–H and O–H groups in total. The molecule has 0 aliphatic carbocycles. The molecule has 174 valence electrons. The molecule has 0 unspecified atom stereocenters. The predicted molar refractivity (Wildman–Crippen MR) is 126 cm³/mol. The minimum atomic E-state index is -4.10. The standard InChI is InChI=1S/C21H22N4O6S2/c1-21(2,3)18-12-32-20(22-18)23-19(26)13-5-8-15(9-6-13)33(29,30)24-16-11-14(25(27)28)7-10-17(16)31-4/h5-12,24H,1-4H3,(H,22,23,26). The lowest BCUT2D eigenvalue weighted by molar-refractivity contribution is -0.384. The van der Waals surface area contributed by atoms with Crippen LogP contribution in [0.5, 0.6) is 5.75 Å². The van der Waals surface area contributed by atoms with E-state index in [4.69, 9.17) is 4.74 Å². The van der Waals surface area contributed by atoms with Gasteiger partial charge in [-0.15, -0.1) is 11.3 Å². The van der Waals surface area contributed by atoms with Crippen LogP contribution in [0.25, 0.3) is 0 Å². The van der Waals surface area contributed by atoms with Gasteiger partial charge in [-0.3, -0.25) is 24.9 Å². The van der Waals surface area contributed by atoms with Crippen molar-refractivity contribution in [3.8, 4) is 5.75 Å². The van der Waals surface area contributed by atoms with Crippen LogP contribution >= 0.6 is 11.3 Å². The molecule has 0 aliphatic rings. The Morgan fingerprint density at radius 2 is 1.82 bits per heavy atom. The Morgan fingerprint density at radius 3 is 2.36 bits per heavy atom. The highest BCUT2D eigenvalue weighted by Gasteiger charge is 2.21. The zero-order valence-electron chi connectivity index (χ0n) is 18.3. The molecule has 0 aliphatic heterocycles. The first-order valence-electron chi connectivity index (χ1n) is 9.63. The van der Waals surface area contributed by atoms with Crippen molar-refractivity contribution in [1.82, 2.24) is 4.98 Å². The summed E-state index contributed by atoms with van der Waals surface area (Å²) in [7, 11) is -2.78. The number of rotatable bonds is 7. The highest BCUT2D eigenvalue weighted by Crippen LogP contribution is 2.31. The van der Waals surface area contributed by atoms with Gasteiger partial charge >= 0.3 is 0 Å². The van der Waals surface area contributed by atoms with Gasteiger partial charge in [0.25, 0.3) is 21.6 Å². The number of non-ortho nitro benzene ring substituents is 1. The van der Waals surface area contributed by atoms with Crippen molar-refractivity contribution in [3.05, 3.63) is 69.2 Å². The number of sulfonamides is 1. The van der Waals surface area contributed by atoms with Crippen LogP contribution in [0.4, 0.5) is 16.5 Å². The first-order valence-corrected chi connectivity index (χ1v) is 12.0. The van der Waals surface area contributed by atoms with Crippen LogP contribution in [0.1, 0.15) is 36.8 Å². The van der Waals surface area contributed by atoms with Gasteiger partial charge in [0, 0.05) is 28.5 Å². The van der Waals surface area contributed by atoms with Crippen LogP contribution in [0.3, 0.4) is 0 Å². The van der Waals surface area contributed by atoms with Gasteiger partial charge in [-0.25, -0.2) is 13.4 Å². The van der Waals surface area contributed by atoms with E-state index in [1.54, 1.807) is 0 Å². The van der Waals surface area contributed by atoms with Gasteiger partial charge in [-0.2, -0.15) is 0 Å². The Hall–Kier alpha value is -3.51. The molecule has 0 saturated heterocycles. The van der Waals surface area contributed by atoms with Gasteiger partial charge in [0.1, 0.15) is 5.75 Å². The van der Waals surface area contributed by atoms with Gasteiger partial charge in [0.2, 0.25) is 0 Å². The van der Waals surface area contributed by atoms with E-state index in [0.717, 1.165) is 11.8 Å². The average molecular weight is 491 g/mol. The summed E-state index contributed by atoms with van der Waals surface area (Å²) >= 11 is 1.31. The fourth-order valence-corrected chi connectivity index (χ4v) is 4.72. The molecular formula is C21H22N4O6S2. The lowest BCUT2D eigenvalue weighted by atomic mass is 9.93. The lowest BCUT2D eigenvalue weighted by Crippen LogP contribution is -2.16. The number of carbonyl (C=O) groups is 1. The summed E-state index contributed by atoms with van der Waals surface area (Å²) in [6.45, 7) is 6.05. The first kappa shape index (κ1) is 24.1. The summed E-state index contributed by atoms with van der Waals surface area (Å²) in [5, 5.41) is 16.0. The van der Waals surface area contributed by atoms with Crippen molar-refractivity contribution in [1.29, 1.82) is 0 Å². The molecule has 1 aromatic heterocycles. The number of hydrogen-bond donors (Lipinski definition) is 2. The highest BCUT2D eigenvalue weighted by atomic mass is 32.2. The van der Waals surface area contributed by atoms with Gasteiger partial charge in [-0.1, -0.05) is 20.8 Å². The molecule has 0 spiro atoms. The Bertz CT molecular complexity index is 1300. The molecule has 0 atom stereocenters. The second-order valence-electron chi connectivity index (χ2n) is 8.01. The van der Waals surface area contributed by atoms with Crippen molar-refractivity contribution in [2.45, 2.75) is 31.1 Å². The third kappa shape index (κ3) is 5.65. The molecule has 3 rings (SSSR count). The monoisotopic (exact) mass is 490 g/mol. The van der Waals surface area contributed by atoms with E-state index in [1.807, 2.05) is 26.2 Å². The average Bonchev–Trinajstić information content (AvgIpc) is 3.22. The number of hydrogen-bond acceptors (Lipinski definition) is 8. The quantitative estimate of drug-likeness (QED) is 0.369. The summed E-state index contributed by atoms with van der Waals surface area (Å²) in [6, 6.07) is 8.84. The molecule has 10 nitrogen and oxygen atoms in total. The number of carbonyl (C=O) groups excluding carboxylic acids is 1. The molecule has 0 radical (unpaired) electrons. The van der Waals surface area contributed by atoms with E-state index in [2.05, 4.69) is 15.0 Å². The zero-order valence-corrected chi connectivity index (χ0v) is 19.9. The fraction of sp³-hybridized carbons (Fsp3) is 0.238. The Kier molecular flexibility index (Phi) is 6.70. The van der Waals surface area contributed by atoms with Gasteiger partial charge in [0.15, 0.2) is 5.13 Å². The smallest absolute Gasteiger partial charge is 0.271 e. The Balaban J connectivity index is 1.77. The number of nitrogens with zero attached hydrogens (tertiary/aromatic N) is 2. The van der Waals surface area contributed by atoms with Crippen molar-refractivity contribution in [2.75, 3.05) is 17.1 Å². The number of amides is 1. The van der Waals surface area contributed by atoms with Gasteiger partial charge in [0.05, 0.1) is 28.3 Å². The number of aromatic nitrogens is 1. The molecule has 1 amide bonds. The Morgan fingerprint density at radius 1 is 1.15 bits per heavy atom. The largest absolute Gasteiger partial charge is 0.495 e.